The monoisotopic (exact) mass is 475 g/mol. The van der Waals surface area contributed by atoms with Crippen molar-refractivity contribution in [1.82, 2.24) is 3.97 Å². The molecular weight excluding hydrogens is 448 g/mol. The van der Waals surface area contributed by atoms with Gasteiger partial charge in [0.25, 0.3) is 0 Å². The number of aliphatic hydroxyl groups is 2. The zero-order chi connectivity index (χ0) is 23.5. The molecule has 10 heteroatoms. The van der Waals surface area contributed by atoms with Crippen molar-refractivity contribution >= 4 is 22.1 Å². The molecule has 0 radical (unpaired) electrons. The third-order valence-electron chi connectivity index (χ3n) is 4.84. The molecule has 1 aromatic heterocycles. The minimum absolute atomic E-state index is 0. The number of aliphatic carboxylic acids is 1. The third-order valence-corrected chi connectivity index (χ3v) is 5.98. The molecule has 1 heterocycles. The fourth-order valence-electron chi connectivity index (χ4n) is 3.68. The summed E-state index contributed by atoms with van der Waals surface area (Å²) in [5, 5.41) is 30.5. The largest absolute Gasteiger partial charge is 1.00 e. The molecule has 1 aromatic carbocycles. The molecule has 2 aromatic rings. The number of nitrogens with zero attached hydrogens (tertiary/aromatic N) is 1. The molecule has 0 aliphatic heterocycles. The number of aliphatic hydroxyl groups excluding tert-OH is 2. The van der Waals surface area contributed by atoms with Gasteiger partial charge >= 0.3 is 29.6 Å². The number of halogens is 1. The normalized spacial score (nSPS) is 13.9. The van der Waals surface area contributed by atoms with E-state index in [2.05, 4.69) is 0 Å². The third kappa shape index (κ3) is 7.00. The van der Waals surface area contributed by atoms with Crippen molar-refractivity contribution < 1.29 is 62.5 Å². The molecule has 32 heavy (non-hydrogen) atoms. The van der Waals surface area contributed by atoms with E-state index in [4.69, 9.17) is 0 Å². The fourth-order valence-corrected chi connectivity index (χ4v) is 4.93. The zero-order valence-corrected chi connectivity index (χ0v) is 21.7. The van der Waals surface area contributed by atoms with Gasteiger partial charge < -0.3 is 20.1 Å². The van der Waals surface area contributed by atoms with Crippen LogP contribution in [-0.4, -0.2) is 47.0 Å². The molecule has 0 aliphatic rings. The predicted molar refractivity (Wildman–Crippen MR) is 114 cm³/mol. The molecule has 0 saturated carbocycles. The summed E-state index contributed by atoms with van der Waals surface area (Å²) in [5.74, 6) is -2.06. The smallest absolute Gasteiger partial charge is 0.550 e. The van der Waals surface area contributed by atoms with Crippen molar-refractivity contribution in [2.45, 2.75) is 51.7 Å². The maximum atomic E-state index is 13.5. The van der Waals surface area contributed by atoms with Crippen molar-refractivity contribution in [1.29, 1.82) is 0 Å². The number of hydrogen-bond donors (Lipinski definition) is 2. The van der Waals surface area contributed by atoms with Crippen LogP contribution in [-0.2, 0) is 14.8 Å². The van der Waals surface area contributed by atoms with E-state index in [0.717, 1.165) is 6.26 Å². The Bertz CT molecular complexity index is 1080. The van der Waals surface area contributed by atoms with Gasteiger partial charge in [-0.1, -0.05) is 38.1 Å². The van der Waals surface area contributed by atoms with Gasteiger partial charge in [-0.3, -0.25) is 0 Å². The summed E-state index contributed by atoms with van der Waals surface area (Å²) in [6, 6.07) is 5.65. The number of carboxylic acid groups (broad SMARTS) is 1. The van der Waals surface area contributed by atoms with E-state index >= 15 is 0 Å². The minimum atomic E-state index is -3.66. The van der Waals surface area contributed by atoms with Gasteiger partial charge in [-0.15, -0.1) is 0 Å². The molecule has 0 spiro atoms. The molecule has 2 N–H and O–H groups in total. The van der Waals surface area contributed by atoms with Crippen LogP contribution in [0.1, 0.15) is 49.6 Å². The van der Waals surface area contributed by atoms with Gasteiger partial charge in [-0.05, 0) is 30.5 Å². The summed E-state index contributed by atoms with van der Waals surface area (Å²) >= 11 is 0. The van der Waals surface area contributed by atoms with Gasteiger partial charge in [0, 0.05) is 41.3 Å². The molecule has 0 fully saturated rings. The topological polar surface area (TPSA) is 120 Å². The van der Waals surface area contributed by atoms with E-state index in [1.807, 2.05) is 13.8 Å². The van der Waals surface area contributed by atoms with E-state index in [0.29, 0.717) is 28.1 Å². The SMILES string of the molecule is Cc1c(-c2ccc(F)cc2)c(/C=C/[C@@H](O)C[C@@H](O)CC(=O)[O-])c(C(C)C)n1S(C)(=O)=O.[Na+]. The van der Waals surface area contributed by atoms with Crippen LogP contribution in [0.3, 0.4) is 0 Å². The Labute approximate surface area is 209 Å². The molecule has 0 aliphatic carbocycles. The number of rotatable bonds is 9. The van der Waals surface area contributed by atoms with Crippen LogP contribution in [0, 0.1) is 12.7 Å². The second kappa shape index (κ2) is 11.6. The number of carbonyl (C=O) groups excluding carboxylic acids is 1. The molecule has 170 valence electrons. The summed E-state index contributed by atoms with van der Waals surface area (Å²) < 4.78 is 39.8. The summed E-state index contributed by atoms with van der Waals surface area (Å²) in [4.78, 5) is 10.6. The summed E-state index contributed by atoms with van der Waals surface area (Å²) in [5.41, 5.74) is 2.67. The molecule has 2 atom stereocenters. The zero-order valence-electron chi connectivity index (χ0n) is 18.9. The van der Waals surface area contributed by atoms with E-state index in [9.17, 15) is 32.9 Å². The predicted octanol–water partition coefficient (Wildman–Crippen LogP) is -1.20. The maximum absolute atomic E-state index is 13.5. The van der Waals surface area contributed by atoms with Crippen LogP contribution < -0.4 is 34.7 Å². The van der Waals surface area contributed by atoms with E-state index < -0.39 is 40.4 Å². The Morgan fingerprint density at radius 2 is 1.78 bits per heavy atom. The summed E-state index contributed by atoms with van der Waals surface area (Å²) in [7, 11) is -3.66. The fraction of sp³-hybridized carbons (Fsp3) is 0.409. The number of hydrogen-bond acceptors (Lipinski definition) is 6. The van der Waals surface area contributed by atoms with Crippen molar-refractivity contribution in [3.8, 4) is 11.1 Å². The average Bonchev–Trinajstić information content (AvgIpc) is 2.92. The van der Waals surface area contributed by atoms with Crippen LogP contribution in [0.5, 0.6) is 0 Å². The standard InChI is InChI=1S/C22H28FNO6S.Na/c1-13(2)22-19(10-9-17(25)11-18(26)12-20(27)28)21(14(3)24(22)31(4,29)30)15-5-7-16(23)8-6-15;/h5-10,13,17-18,25-26H,11-12H2,1-4H3,(H,27,28);/q;+1/p-1/b10-9+;/t17-,18-;/m1./s1. The molecule has 0 bridgehead atoms. The molecule has 0 amide bonds. The quantitative estimate of drug-likeness (QED) is 0.440. The minimum Gasteiger partial charge on any atom is -0.550 e. The van der Waals surface area contributed by atoms with Gasteiger partial charge in [0.05, 0.1) is 18.5 Å². The molecule has 0 unspecified atom stereocenters. The van der Waals surface area contributed by atoms with Crippen LogP contribution in [0.15, 0.2) is 30.3 Å². The van der Waals surface area contributed by atoms with Crippen molar-refractivity contribution in [2.24, 2.45) is 0 Å². The first kappa shape index (κ1) is 28.5. The van der Waals surface area contributed by atoms with Gasteiger partial charge in [0.2, 0.25) is 10.0 Å². The average molecular weight is 476 g/mol. The molecule has 2 rings (SSSR count). The second-order valence-corrected chi connectivity index (χ2v) is 9.67. The van der Waals surface area contributed by atoms with Crippen molar-refractivity contribution in [2.75, 3.05) is 6.26 Å². The Hall–Kier alpha value is -1.49. The van der Waals surface area contributed by atoms with Crippen LogP contribution >= 0.6 is 0 Å². The number of aromatic nitrogens is 1. The molecule has 0 saturated heterocycles. The Balaban J connectivity index is 0.00000512. The van der Waals surface area contributed by atoms with Gasteiger partial charge in [0.15, 0.2) is 0 Å². The van der Waals surface area contributed by atoms with E-state index in [1.54, 1.807) is 25.1 Å². The Kier molecular flexibility index (Phi) is 10.3. The molecular formula is C22H27FNNaO6S. The van der Waals surface area contributed by atoms with E-state index in [1.165, 1.54) is 22.2 Å². The van der Waals surface area contributed by atoms with Crippen LogP contribution in [0.2, 0.25) is 0 Å². The van der Waals surface area contributed by atoms with Crippen LogP contribution in [0.25, 0.3) is 17.2 Å². The van der Waals surface area contributed by atoms with E-state index in [-0.39, 0.29) is 41.9 Å². The second-order valence-electron chi connectivity index (χ2n) is 7.84. The van der Waals surface area contributed by atoms with Gasteiger partial charge in [0.1, 0.15) is 5.82 Å². The first-order chi connectivity index (χ1) is 14.3. The van der Waals surface area contributed by atoms with Crippen LogP contribution in [0.4, 0.5) is 4.39 Å². The molecule has 7 nitrogen and oxygen atoms in total. The Morgan fingerprint density at radius 1 is 1.22 bits per heavy atom. The maximum Gasteiger partial charge on any atom is 1.00 e. The Morgan fingerprint density at radius 3 is 2.25 bits per heavy atom. The first-order valence-electron chi connectivity index (χ1n) is 9.78. The number of carbonyl (C=O) groups is 1. The van der Waals surface area contributed by atoms with Gasteiger partial charge in [-0.25, -0.2) is 16.8 Å². The van der Waals surface area contributed by atoms with Gasteiger partial charge in [-0.2, -0.15) is 0 Å². The summed E-state index contributed by atoms with van der Waals surface area (Å²) in [6.45, 7) is 5.33. The summed E-state index contributed by atoms with van der Waals surface area (Å²) in [6.07, 6.45) is 0.744. The van der Waals surface area contributed by atoms with Crippen molar-refractivity contribution in [3.63, 3.8) is 0 Å². The number of benzene rings is 1. The first-order valence-corrected chi connectivity index (χ1v) is 11.6. The number of carboxylic acids is 1. The van der Waals surface area contributed by atoms with Crippen molar-refractivity contribution in [3.05, 3.63) is 53.1 Å².